The van der Waals surface area contributed by atoms with Gasteiger partial charge in [-0.3, -0.25) is 4.79 Å². The van der Waals surface area contributed by atoms with Crippen molar-refractivity contribution in [2.24, 2.45) is 52.3 Å². The normalized spacial score (nSPS) is 41.2. The number of halogens is 2. The first-order valence-corrected chi connectivity index (χ1v) is 15.9. The highest BCUT2D eigenvalue weighted by Crippen LogP contribution is 2.68. The third kappa shape index (κ3) is 4.90. The summed E-state index contributed by atoms with van der Waals surface area (Å²) in [5.74, 6) is 4.87. The van der Waals surface area contributed by atoms with Crippen LogP contribution in [0.3, 0.4) is 0 Å². The second-order valence-electron chi connectivity index (χ2n) is 13.2. The summed E-state index contributed by atoms with van der Waals surface area (Å²) in [7, 11) is 0. The Morgan fingerprint density at radius 1 is 1.06 bits per heavy atom. The topological polar surface area (TPSA) is 26.3 Å². The average molecular weight is 613 g/mol. The van der Waals surface area contributed by atoms with Gasteiger partial charge >= 0.3 is 5.97 Å². The smallest absolute Gasteiger partial charge is 0.302 e. The Morgan fingerprint density at radius 3 is 2.40 bits per heavy atom. The van der Waals surface area contributed by atoms with Crippen LogP contribution in [0.4, 0.5) is 0 Å². The number of esters is 1. The van der Waals surface area contributed by atoms with Gasteiger partial charge in [0.25, 0.3) is 0 Å². The predicted octanol–water partition coefficient (Wildman–Crippen LogP) is 9.82. The van der Waals surface area contributed by atoms with Crippen LogP contribution in [-0.2, 0) is 9.53 Å². The van der Waals surface area contributed by atoms with Gasteiger partial charge in [0.15, 0.2) is 0 Å². The molecular weight excluding hydrogens is 564 g/mol. The number of allylic oxidation sites excluding steroid dienone is 3. The first kappa shape index (κ1) is 27.9. The fourth-order valence-electron chi connectivity index (χ4n) is 9.34. The molecule has 0 radical (unpaired) electrons. The van der Waals surface area contributed by atoms with E-state index in [1.807, 2.05) is 0 Å². The molecule has 4 rings (SSSR count). The Balaban J connectivity index is 1.55. The highest BCUT2D eigenvalue weighted by atomic mass is 79.9. The first-order chi connectivity index (χ1) is 16.4. The Labute approximate surface area is 231 Å². The molecule has 0 aromatic heterocycles. The third-order valence-electron chi connectivity index (χ3n) is 11.3. The molecule has 198 valence electrons. The molecule has 4 aliphatic rings. The van der Waals surface area contributed by atoms with E-state index >= 15 is 0 Å². The van der Waals surface area contributed by atoms with Crippen molar-refractivity contribution in [3.63, 3.8) is 0 Å². The zero-order valence-electron chi connectivity index (χ0n) is 23.1. The van der Waals surface area contributed by atoms with Crippen molar-refractivity contribution >= 4 is 37.8 Å². The molecule has 0 saturated heterocycles. The van der Waals surface area contributed by atoms with Gasteiger partial charge in [-0.2, -0.15) is 0 Å². The van der Waals surface area contributed by atoms with Gasteiger partial charge in [0.1, 0.15) is 6.10 Å². The van der Waals surface area contributed by atoms with Gasteiger partial charge in [-0.05, 0) is 104 Å². The molecule has 0 aromatic rings. The Kier molecular flexibility index (Phi) is 8.45. The number of hydrogen-bond acceptors (Lipinski definition) is 2. The van der Waals surface area contributed by atoms with Crippen LogP contribution in [0.15, 0.2) is 20.6 Å². The summed E-state index contributed by atoms with van der Waals surface area (Å²) < 4.78 is 8.47. The molecule has 0 N–H and O–H groups in total. The molecule has 4 heteroatoms. The van der Waals surface area contributed by atoms with Crippen LogP contribution in [0.2, 0.25) is 0 Å². The molecule has 3 saturated carbocycles. The molecule has 9 unspecified atom stereocenters. The van der Waals surface area contributed by atoms with Gasteiger partial charge in [-0.25, -0.2) is 0 Å². The van der Waals surface area contributed by atoms with Crippen LogP contribution in [0, 0.1) is 52.3 Å². The highest BCUT2D eigenvalue weighted by molar-refractivity contribution is 9.14. The fourth-order valence-corrected chi connectivity index (χ4v) is 11.2. The average Bonchev–Trinajstić information content (AvgIpc) is 3.15. The number of ether oxygens (including phenoxy) is 1. The van der Waals surface area contributed by atoms with Crippen LogP contribution in [0.1, 0.15) is 106 Å². The van der Waals surface area contributed by atoms with Crippen LogP contribution < -0.4 is 0 Å². The lowest BCUT2D eigenvalue weighted by Crippen LogP contribution is -2.51. The molecule has 4 aliphatic carbocycles. The molecule has 9 atom stereocenters. The molecular formula is C31H48Br2O2. The van der Waals surface area contributed by atoms with Crippen molar-refractivity contribution in [2.75, 3.05) is 0 Å². The lowest BCUT2D eigenvalue weighted by molar-refractivity contribution is -0.148. The van der Waals surface area contributed by atoms with Gasteiger partial charge < -0.3 is 4.74 Å². The third-order valence-corrected chi connectivity index (χ3v) is 14.0. The second kappa shape index (κ2) is 10.6. The van der Waals surface area contributed by atoms with E-state index in [0.717, 1.165) is 36.5 Å². The summed E-state index contributed by atoms with van der Waals surface area (Å²) in [5, 5.41) is 0. The van der Waals surface area contributed by atoms with E-state index in [0.29, 0.717) is 28.6 Å². The largest absolute Gasteiger partial charge is 0.462 e. The highest BCUT2D eigenvalue weighted by Gasteiger charge is 2.59. The van der Waals surface area contributed by atoms with Gasteiger partial charge in [-0.15, -0.1) is 0 Å². The summed E-state index contributed by atoms with van der Waals surface area (Å²) in [6, 6.07) is 0. The first-order valence-electron chi connectivity index (χ1n) is 14.4. The second-order valence-corrected chi connectivity index (χ2v) is 14.9. The Hall–Kier alpha value is -0.0900. The van der Waals surface area contributed by atoms with E-state index in [9.17, 15) is 4.79 Å². The molecule has 0 aliphatic heterocycles. The van der Waals surface area contributed by atoms with Crippen molar-refractivity contribution in [3.8, 4) is 0 Å². The summed E-state index contributed by atoms with van der Waals surface area (Å²) in [4.78, 5) is 11.6. The van der Waals surface area contributed by atoms with E-state index in [4.69, 9.17) is 4.74 Å². The van der Waals surface area contributed by atoms with Crippen molar-refractivity contribution in [2.45, 2.75) is 112 Å². The van der Waals surface area contributed by atoms with Crippen molar-refractivity contribution in [1.29, 1.82) is 0 Å². The van der Waals surface area contributed by atoms with Gasteiger partial charge in [0, 0.05) is 22.3 Å². The summed E-state index contributed by atoms with van der Waals surface area (Å²) >= 11 is 8.14. The minimum absolute atomic E-state index is 0.0920. The standard InChI is InChI=1S/C31H48Br2O2/c1-8-23(18(2)3)29(33)28(32)19(4)25-11-12-26-24-10-9-21-17-22(35-20(5)34)13-15-30(21,6)27(24)14-16-31(25,26)7/h9,18-19,22-27H,8,10-17H2,1-7H3/b29-28+. The molecule has 0 spiro atoms. The maximum Gasteiger partial charge on any atom is 0.302 e. The fraction of sp³-hybridized carbons (Fsp3) is 0.839. The monoisotopic (exact) mass is 610 g/mol. The van der Waals surface area contributed by atoms with Crippen LogP contribution >= 0.6 is 31.9 Å². The minimum atomic E-state index is -0.127. The lowest BCUT2D eigenvalue weighted by atomic mass is 9.47. The molecule has 0 amide bonds. The quantitative estimate of drug-likeness (QED) is 0.221. The van der Waals surface area contributed by atoms with Gasteiger partial charge in [0.2, 0.25) is 0 Å². The number of rotatable bonds is 6. The maximum atomic E-state index is 11.6. The molecule has 35 heavy (non-hydrogen) atoms. The summed E-state index contributed by atoms with van der Waals surface area (Å²) in [6.45, 7) is 16.2. The lowest BCUT2D eigenvalue weighted by Gasteiger charge is -2.58. The zero-order valence-corrected chi connectivity index (χ0v) is 26.3. The van der Waals surface area contributed by atoms with Crippen molar-refractivity contribution < 1.29 is 9.53 Å². The minimum Gasteiger partial charge on any atom is -0.462 e. The maximum absolute atomic E-state index is 11.6. The van der Waals surface area contributed by atoms with Gasteiger partial charge in [-0.1, -0.05) is 85.1 Å². The van der Waals surface area contributed by atoms with E-state index in [1.54, 1.807) is 12.5 Å². The zero-order chi connectivity index (χ0) is 25.7. The number of fused-ring (bicyclic) bond motifs is 5. The van der Waals surface area contributed by atoms with E-state index < -0.39 is 0 Å². The van der Waals surface area contributed by atoms with Gasteiger partial charge in [0.05, 0.1) is 0 Å². The molecule has 2 nitrogen and oxygen atoms in total. The summed E-state index contributed by atoms with van der Waals surface area (Å²) in [6.07, 6.45) is 13.7. The molecule has 0 bridgehead atoms. The predicted molar refractivity (Wildman–Crippen MR) is 153 cm³/mol. The van der Waals surface area contributed by atoms with E-state index in [-0.39, 0.29) is 12.1 Å². The molecule has 3 fully saturated rings. The molecule has 0 heterocycles. The van der Waals surface area contributed by atoms with Crippen molar-refractivity contribution in [1.82, 2.24) is 0 Å². The van der Waals surface area contributed by atoms with Crippen molar-refractivity contribution in [3.05, 3.63) is 20.6 Å². The number of carbonyl (C=O) groups excluding carboxylic acids is 1. The van der Waals surface area contributed by atoms with Crippen LogP contribution in [0.25, 0.3) is 0 Å². The van der Waals surface area contributed by atoms with Crippen LogP contribution in [0.5, 0.6) is 0 Å². The number of carbonyl (C=O) groups is 1. The van der Waals surface area contributed by atoms with E-state index in [2.05, 4.69) is 79.5 Å². The Morgan fingerprint density at radius 2 is 1.77 bits per heavy atom. The van der Waals surface area contributed by atoms with Crippen LogP contribution in [-0.4, -0.2) is 12.1 Å². The summed E-state index contributed by atoms with van der Waals surface area (Å²) in [5.41, 5.74) is 2.33. The SMILES string of the molecule is CCC(/C(Br)=C(\Br)C(C)C1CCC2C3CC=C4CC(OC(C)=O)CCC4(C)C3CCC12C)C(C)C. The number of hydrogen-bond donors (Lipinski definition) is 0. The van der Waals surface area contributed by atoms with E-state index in [1.165, 1.54) is 53.9 Å². The molecule has 0 aromatic carbocycles. The Bertz CT molecular complexity index is 875.